The smallest absolute Gasteiger partial charge is 0.409 e. The molecule has 2 aromatic rings. The Labute approximate surface area is 159 Å². The van der Waals surface area contributed by atoms with Gasteiger partial charge in [0.05, 0.1) is 31.4 Å². The van der Waals surface area contributed by atoms with Crippen LogP contribution in [0.2, 0.25) is 0 Å². The molecule has 2 aromatic carbocycles. The average Bonchev–Trinajstić information content (AvgIpc) is 2.98. The van der Waals surface area contributed by atoms with Crippen LogP contribution in [0.4, 0.5) is 4.79 Å². The highest BCUT2D eigenvalue weighted by Crippen LogP contribution is 2.44. The van der Waals surface area contributed by atoms with E-state index in [9.17, 15) is 9.90 Å². The molecule has 1 atom stereocenters. The fraction of sp³-hybridized carbons (Fsp3) is 0.409. The lowest BCUT2D eigenvalue weighted by Crippen LogP contribution is -2.55. The van der Waals surface area contributed by atoms with E-state index in [2.05, 4.69) is 24.3 Å². The molecule has 1 aliphatic carbocycles. The second-order valence-electron chi connectivity index (χ2n) is 7.87. The van der Waals surface area contributed by atoms with Crippen LogP contribution in [-0.2, 0) is 9.47 Å². The number of morpholine rings is 1. The van der Waals surface area contributed by atoms with Crippen molar-refractivity contribution < 1.29 is 19.4 Å². The van der Waals surface area contributed by atoms with Crippen LogP contribution in [0.25, 0.3) is 11.1 Å². The molecule has 5 nitrogen and oxygen atoms in total. The molecule has 0 spiro atoms. The van der Waals surface area contributed by atoms with Crippen LogP contribution in [0, 0.1) is 0 Å². The third-order valence-electron chi connectivity index (χ3n) is 5.28. The fourth-order valence-electron chi connectivity index (χ4n) is 4.22. The van der Waals surface area contributed by atoms with Gasteiger partial charge in [0.25, 0.3) is 0 Å². The Bertz CT molecular complexity index is 802. The van der Waals surface area contributed by atoms with Crippen molar-refractivity contribution in [3.8, 4) is 11.1 Å². The van der Waals surface area contributed by atoms with Gasteiger partial charge < -0.3 is 19.5 Å². The number of hydrogen-bond donors (Lipinski definition) is 1. The average molecular weight is 367 g/mol. The predicted octanol–water partition coefficient (Wildman–Crippen LogP) is 3.41. The summed E-state index contributed by atoms with van der Waals surface area (Å²) < 4.78 is 11.5. The molecule has 27 heavy (non-hydrogen) atoms. The molecule has 1 aliphatic heterocycles. The maximum atomic E-state index is 12.7. The fourth-order valence-corrected chi connectivity index (χ4v) is 4.22. The predicted molar refractivity (Wildman–Crippen MR) is 103 cm³/mol. The molecule has 1 unspecified atom stereocenters. The first-order valence-corrected chi connectivity index (χ1v) is 9.37. The highest BCUT2D eigenvalue weighted by atomic mass is 16.6. The van der Waals surface area contributed by atoms with Crippen LogP contribution in [0.1, 0.15) is 30.9 Å². The Morgan fingerprint density at radius 3 is 2.33 bits per heavy atom. The van der Waals surface area contributed by atoms with Gasteiger partial charge in [-0.15, -0.1) is 0 Å². The molecule has 1 amide bonds. The molecular formula is C22H25NO4. The Morgan fingerprint density at radius 1 is 1.15 bits per heavy atom. The van der Waals surface area contributed by atoms with Crippen LogP contribution in [-0.4, -0.2) is 54.1 Å². The summed E-state index contributed by atoms with van der Waals surface area (Å²) in [6.07, 6.45) is -0.735. The van der Waals surface area contributed by atoms with E-state index >= 15 is 0 Å². The number of hydrogen-bond acceptors (Lipinski definition) is 4. The molecule has 0 bridgehead atoms. The van der Waals surface area contributed by atoms with E-state index in [0.29, 0.717) is 19.7 Å². The molecule has 0 radical (unpaired) electrons. The first-order chi connectivity index (χ1) is 13.0. The monoisotopic (exact) mass is 367 g/mol. The summed E-state index contributed by atoms with van der Waals surface area (Å²) >= 11 is 0. The minimum absolute atomic E-state index is 0.0454. The zero-order valence-corrected chi connectivity index (χ0v) is 15.7. The summed E-state index contributed by atoms with van der Waals surface area (Å²) in [6, 6.07) is 16.6. The normalized spacial score (nSPS) is 20.9. The van der Waals surface area contributed by atoms with Crippen molar-refractivity contribution in [1.82, 2.24) is 4.90 Å². The minimum Gasteiger partial charge on any atom is -0.448 e. The Kier molecular flexibility index (Phi) is 4.66. The van der Waals surface area contributed by atoms with Gasteiger partial charge in [-0.3, -0.25) is 0 Å². The van der Waals surface area contributed by atoms with Crippen molar-refractivity contribution in [3.63, 3.8) is 0 Å². The summed E-state index contributed by atoms with van der Waals surface area (Å²) in [6.45, 7) is 4.80. The van der Waals surface area contributed by atoms with Crippen molar-refractivity contribution in [2.75, 3.05) is 26.3 Å². The van der Waals surface area contributed by atoms with Crippen molar-refractivity contribution >= 4 is 6.09 Å². The van der Waals surface area contributed by atoms with Gasteiger partial charge in [-0.2, -0.15) is 0 Å². The molecule has 2 aliphatic rings. The molecular weight excluding hydrogens is 342 g/mol. The maximum Gasteiger partial charge on any atom is 0.409 e. The van der Waals surface area contributed by atoms with Gasteiger partial charge in [0, 0.05) is 5.92 Å². The molecule has 5 heteroatoms. The quantitative estimate of drug-likeness (QED) is 0.903. The summed E-state index contributed by atoms with van der Waals surface area (Å²) in [4.78, 5) is 14.3. The van der Waals surface area contributed by atoms with Crippen LogP contribution in [0.15, 0.2) is 48.5 Å². The lowest BCUT2D eigenvalue weighted by molar-refractivity contribution is -0.143. The van der Waals surface area contributed by atoms with Gasteiger partial charge in [0.2, 0.25) is 0 Å². The number of aliphatic hydroxyl groups is 1. The second-order valence-corrected chi connectivity index (χ2v) is 7.87. The molecule has 1 saturated heterocycles. The summed E-state index contributed by atoms with van der Waals surface area (Å²) in [5, 5.41) is 9.44. The summed E-state index contributed by atoms with van der Waals surface area (Å²) in [7, 11) is 0. The number of benzene rings is 2. The molecule has 0 saturated carbocycles. The molecule has 1 N–H and O–H groups in total. The Morgan fingerprint density at radius 2 is 1.74 bits per heavy atom. The van der Waals surface area contributed by atoms with E-state index < -0.39 is 5.60 Å². The van der Waals surface area contributed by atoms with Crippen molar-refractivity contribution in [2.45, 2.75) is 31.5 Å². The van der Waals surface area contributed by atoms with E-state index in [4.69, 9.17) is 9.47 Å². The van der Waals surface area contributed by atoms with Crippen LogP contribution in [0.3, 0.4) is 0 Å². The second kappa shape index (κ2) is 6.98. The molecule has 4 rings (SSSR count). The lowest BCUT2D eigenvalue weighted by atomic mass is 9.98. The first-order valence-electron chi connectivity index (χ1n) is 9.37. The highest BCUT2D eigenvalue weighted by molar-refractivity contribution is 5.79. The standard InChI is InChI=1S/C22H25NO4/c1-22(2)14-23(11-15(12-24)27-22)21(25)26-13-20-18-9-5-3-7-16(18)17-8-4-6-10-19(17)20/h3-10,15,20,24H,11-14H2,1-2H3. The summed E-state index contributed by atoms with van der Waals surface area (Å²) in [5.41, 5.74) is 4.31. The topological polar surface area (TPSA) is 59.0 Å². The number of amides is 1. The van der Waals surface area contributed by atoms with E-state index in [1.54, 1.807) is 4.90 Å². The van der Waals surface area contributed by atoms with Crippen molar-refractivity contribution in [1.29, 1.82) is 0 Å². The van der Waals surface area contributed by atoms with E-state index in [1.807, 2.05) is 38.1 Å². The van der Waals surface area contributed by atoms with Gasteiger partial charge in [-0.25, -0.2) is 4.79 Å². The molecule has 0 aromatic heterocycles. The molecule has 142 valence electrons. The Hall–Kier alpha value is -2.37. The van der Waals surface area contributed by atoms with Gasteiger partial charge in [0.1, 0.15) is 6.61 Å². The van der Waals surface area contributed by atoms with Gasteiger partial charge in [-0.1, -0.05) is 48.5 Å². The van der Waals surface area contributed by atoms with Crippen LogP contribution >= 0.6 is 0 Å². The van der Waals surface area contributed by atoms with Crippen LogP contribution in [0.5, 0.6) is 0 Å². The first kappa shape index (κ1) is 18.0. The number of ether oxygens (including phenoxy) is 2. The van der Waals surface area contributed by atoms with Crippen molar-refractivity contribution in [3.05, 3.63) is 59.7 Å². The largest absolute Gasteiger partial charge is 0.448 e. The maximum absolute atomic E-state index is 12.7. The number of aliphatic hydroxyl groups excluding tert-OH is 1. The number of rotatable bonds is 3. The van der Waals surface area contributed by atoms with Gasteiger partial charge in [-0.05, 0) is 36.1 Å². The minimum atomic E-state index is -0.503. The lowest BCUT2D eigenvalue weighted by Gasteiger charge is -2.41. The zero-order valence-electron chi connectivity index (χ0n) is 15.7. The third-order valence-corrected chi connectivity index (χ3v) is 5.28. The number of carbonyl (C=O) groups is 1. The number of nitrogens with zero attached hydrogens (tertiary/aromatic N) is 1. The van der Waals surface area contributed by atoms with Gasteiger partial charge >= 0.3 is 6.09 Å². The van der Waals surface area contributed by atoms with E-state index in [1.165, 1.54) is 22.3 Å². The summed E-state index contributed by atoms with van der Waals surface area (Å²) in [5.74, 6) is 0.0454. The third kappa shape index (κ3) is 3.45. The van der Waals surface area contributed by atoms with Crippen LogP contribution < -0.4 is 0 Å². The SMILES string of the molecule is CC1(C)CN(C(=O)OCC2c3ccccc3-c3ccccc32)CC(CO)O1. The highest BCUT2D eigenvalue weighted by Gasteiger charge is 2.37. The van der Waals surface area contributed by atoms with E-state index in [0.717, 1.165) is 0 Å². The van der Waals surface area contributed by atoms with Crippen molar-refractivity contribution in [2.24, 2.45) is 0 Å². The molecule has 1 heterocycles. The van der Waals surface area contributed by atoms with Gasteiger partial charge in [0.15, 0.2) is 0 Å². The zero-order chi connectivity index (χ0) is 19.0. The van der Waals surface area contributed by atoms with E-state index in [-0.39, 0.29) is 24.7 Å². The Balaban J connectivity index is 1.50. The number of fused-ring (bicyclic) bond motifs is 3. The number of carbonyl (C=O) groups excluding carboxylic acids is 1. The molecule has 1 fully saturated rings.